The summed E-state index contributed by atoms with van der Waals surface area (Å²) in [6.07, 6.45) is 0.914. The van der Waals surface area contributed by atoms with Gasteiger partial charge in [-0.2, -0.15) is 0 Å². The molecule has 8 nitrogen and oxygen atoms in total. The standard InChI is InChI=1S/C16H15Cl2N3O5S/c1-10-3-5-12(21(23)24)8-15(10)20(27(2,25)26)9-16(22)19-11-4-6-13(17)14(18)7-11/h3-8H,9H2,1-2H3,(H,19,22). The number of nitrogens with zero attached hydrogens (tertiary/aromatic N) is 2. The second kappa shape index (κ2) is 8.12. The fourth-order valence-corrected chi connectivity index (χ4v) is 3.47. The zero-order chi connectivity index (χ0) is 20.4. The van der Waals surface area contributed by atoms with Crippen molar-refractivity contribution in [3.05, 3.63) is 62.1 Å². The van der Waals surface area contributed by atoms with Crippen molar-refractivity contribution in [1.82, 2.24) is 0 Å². The van der Waals surface area contributed by atoms with Gasteiger partial charge in [-0.3, -0.25) is 19.2 Å². The maximum Gasteiger partial charge on any atom is 0.271 e. The quantitative estimate of drug-likeness (QED) is 0.554. The molecule has 0 aliphatic heterocycles. The van der Waals surface area contributed by atoms with Crippen LogP contribution in [0.5, 0.6) is 0 Å². The molecule has 1 N–H and O–H groups in total. The summed E-state index contributed by atoms with van der Waals surface area (Å²) in [5.74, 6) is -0.648. The van der Waals surface area contributed by atoms with Crippen molar-refractivity contribution in [3.8, 4) is 0 Å². The molecule has 27 heavy (non-hydrogen) atoms. The average molecular weight is 432 g/mol. The van der Waals surface area contributed by atoms with Gasteiger partial charge in [-0.1, -0.05) is 29.3 Å². The van der Waals surface area contributed by atoms with Crippen LogP contribution in [0, 0.1) is 17.0 Å². The number of anilines is 2. The number of nitro groups is 1. The largest absolute Gasteiger partial charge is 0.324 e. The number of carbonyl (C=O) groups is 1. The van der Waals surface area contributed by atoms with Gasteiger partial charge in [0.2, 0.25) is 15.9 Å². The first-order chi connectivity index (χ1) is 12.5. The Labute approximate surface area is 165 Å². The third kappa shape index (κ3) is 5.31. The average Bonchev–Trinajstić information content (AvgIpc) is 2.55. The fourth-order valence-electron chi connectivity index (χ4n) is 2.27. The van der Waals surface area contributed by atoms with Gasteiger partial charge in [0.1, 0.15) is 6.54 Å². The minimum Gasteiger partial charge on any atom is -0.324 e. The molecule has 0 fully saturated rings. The molecule has 0 bridgehead atoms. The van der Waals surface area contributed by atoms with E-state index < -0.39 is 27.4 Å². The van der Waals surface area contributed by atoms with Gasteiger partial charge in [0.25, 0.3) is 5.69 Å². The van der Waals surface area contributed by atoms with Gasteiger partial charge in [-0.25, -0.2) is 8.42 Å². The molecule has 0 saturated carbocycles. The van der Waals surface area contributed by atoms with Crippen LogP contribution in [0.25, 0.3) is 0 Å². The van der Waals surface area contributed by atoms with Crippen LogP contribution >= 0.6 is 23.2 Å². The predicted molar refractivity (Wildman–Crippen MR) is 105 cm³/mol. The lowest BCUT2D eigenvalue weighted by Gasteiger charge is -2.23. The molecule has 144 valence electrons. The van der Waals surface area contributed by atoms with Crippen molar-refractivity contribution >= 4 is 56.2 Å². The van der Waals surface area contributed by atoms with Crippen molar-refractivity contribution in [2.24, 2.45) is 0 Å². The van der Waals surface area contributed by atoms with E-state index in [1.165, 1.54) is 30.3 Å². The summed E-state index contributed by atoms with van der Waals surface area (Å²) in [7, 11) is -3.88. The lowest BCUT2D eigenvalue weighted by molar-refractivity contribution is -0.384. The second-order valence-electron chi connectivity index (χ2n) is 5.67. The van der Waals surface area contributed by atoms with E-state index in [2.05, 4.69) is 5.32 Å². The predicted octanol–water partition coefficient (Wildman–Crippen LogP) is 3.61. The highest BCUT2D eigenvalue weighted by Gasteiger charge is 2.24. The number of carbonyl (C=O) groups excluding carboxylic acids is 1. The summed E-state index contributed by atoms with van der Waals surface area (Å²) < 4.78 is 25.2. The Morgan fingerprint density at radius 2 is 1.85 bits per heavy atom. The number of sulfonamides is 1. The molecular formula is C16H15Cl2N3O5S. The molecule has 2 aromatic carbocycles. The molecule has 0 spiro atoms. The zero-order valence-electron chi connectivity index (χ0n) is 14.3. The Balaban J connectivity index is 2.33. The van der Waals surface area contributed by atoms with Crippen LogP contribution in [0.3, 0.4) is 0 Å². The van der Waals surface area contributed by atoms with Crippen LogP contribution in [0.4, 0.5) is 17.1 Å². The minimum absolute atomic E-state index is 0.0518. The first-order valence-electron chi connectivity index (χ1n) is 7.46. The monoisotopic (exact) mass is 431 g/mol. The highest BCUT2D eigenvalue weighted by molar-refractivity contribution is 7.92. The lowest BCUT2D eigenvalue weighted by atomic mass is 10.2. The molecule has 1 amide bonds. The topological polar surface area (TPSA) is 110 Å². The van der Waals surface area contributed by atoms with Gasteiger partial charge in [-0.05, 0) is 30.7 Å². The summed E-state index contributed by atoms with van der Waals surface area (Å²) in [4.78, 5) is 22.7. The molecule has 0 aliphatic carbocycles. The summed E-state index contributed by atoms with van der Waals surface area (Å²) >= 11 is 11.7. The Hall–Kier alpha value is -2.36. The van der Waals surface area contributed by atoms with Crippen LogP contribution in [0.1, 0.15) is 5.56 Å². The highest BCUT2D eigenvalue weighted by atomic mass is 35.5. The Morgan fingerprint density at radius 3 is 2.41 bits per heavy atom. The third-order valence-corrected chi connectivity index (χ3v) is 5.43. The van der Waals surface area contributed by atoms with Crippen LogP contribution in [0.15, 0.2) is 36.4 Å². The summed E-state index contributed by atoms with van der Waals surface area (Å²) in [6, 6.07) is 8.21. The number of aryl methyl sites for hydroxylation is 1. The van der Waals surface area contributed by atoms with E-state index in [4.69, 9.17) is 23.2 Å². The molecule has 0 atom stereocenters. The van der Waals surface area contributed by atoms with Gasteiger partial charge < -0.3 is 5.32 Å². The van der Waals surface area contributed by atoms with Crippen molar-refractivity contribution in [3.63, 3.8) is 0 Å². The Kier molecular flexibility index (Phi) is 6.30. The van der Waals surface area contributed by atoms with Crippen LogP contribution in [-0.2, 0) is 14.8 Å². The lowest BCUT2D eigenvalue weighted by Crippen LogP contribution is -2.37. The molecule has 11 heteroatoms. The minimum atomic E-state index is -3.88. The summed E-state index contributed by atoms with van der Waals surface area (Å²) in [5.41, 5.74) is 0.567. The molecule has 0 heterocycles. The maximum atomic E-state index is 12.3. The molecular weight excluding hydrogens is 417 g/mol. The number of hydrogen-bond donors (Lipinski definition) is 1. The molecule has 2 aromatic rings. The van der Waals surface area contributed by atoms with Crippen molar-refractivity contribution in [1.29, 1.82) is 0 Å². The normalized spacial score (nSPS) is 11.1. The van der Waals surface area contributed by atoms with E-state index in [1.54, 1.807) is 6.92 Å². The van der Waals surface area contributed by atoms with Gasteiger partial charge in [0.15, 0.2) is 0 Å². The molecule has 0 radical (unpaired) electrons. The van der Waals surface area contributed by atoms with E-state index in [9.17, 15) is 23.3 Å². The van der Waals surface area contributed by atoms with Gasteiger partial charge >= 0.3 is 0 Å². The second-order valence-corrected chi connectivity index (χ2v) is 8.40. The number of rotatable bonds is 6. The molecule has 2 rings (SSSR count). The van der Waals surface area contributed by atoms with Crippen molar-refractivity contribution in [2.45, 2.75) is 6.92 Å². The SMILES string of the molecule is Cc1ccc([N+](=O)[O-])cc1N(CC(=O)Nc1ccc(Cl)c(Cl)c1)S(C)(=O)=O. The molecule has 0 unspecified atom stereocenters. The van der Waals surface area contributed by atoms with Crippen LogP contribution < -0.4 is 9.62 Å². The summed E-state index contributed by atoms with van der Waals surface area (Å²) in [6.45, 7) is 1.02. The maximum absolute atomic E-state index is 12.3. The van der Waals surface area contributed by atoms with E-state index >= 15 is 0 Å². The van der Waals surface area contributed by atoms with E-state index in [0.717, 1.165) is 16.6 Å². The Morgan fingerprint density at radius 1 is 1.19 bits per heavy atom. The van der Waals surface area contributed by atoms with Crippen molar-refractivity contribution in [2.75, 3.05) is 22.4 Å². The van der Waals surface area contributed by atoms with Crippen LogP contribution in [-0.4, -0.2) is 32.0 Å². The number of nitrogens with one attached hydrogen (secondary N) is 1. The molecule has 0 aromatic heterocycles. The number of non-ortho nitro benzene ring substituents is 1. The van der Waals surface area contributed by atoms with Gasteiger partial charge in [0, 0.05) is 17.8 Å². The number of halogens is 2. The molecule has 0 aliphatic rings. The molecule has 0 saturated heterocycles. The number of amides is 1. The van der Waals surface area contributed by atoms with E-state index in [-0.39, 0.29) is 16.4 Å². The first kappa shape index (κ1) is 20.9. The Bertz CT molecular complexity index is 1010. The third-order valence-electron chi connectivity index (χ3n) is 3.56. The van der Waals surface area contributed by atoms with E-state index in [0.29, 0.717) is 16.3 Å². The highest BCUT2D eigenvalue weighted by Crippen LogP contribution is 2.28. The first-order valence-corrected chi connectivity index (χ1v) is 10.1. The zero-order valence-corrected chi connectivity index (χ0v) is 16.6. The van der Waals surface area contributed by atoms with Gasteiger partial charge in [0.05, 0.1) is 26.9 Å². The number of benzene rings is 2. The van der Waals surface area contributed by atoms with E-state index in [1.807, 2.05) is 0 Å². The number of nitro benzene ring substituents is 1. The van der Waals surface area contributed by atoms with Crippen LogP contribution in [0.2, 0.25) is 10.0 Å². The number of hydrogen-bond acceptors (Lipinski definition) is 5. The van der Waals surface area contributed by atoms with Gasteiger partial charge in [-0.15, -0.1) is 0 Å². The smallest absolute Gasteiger partial charge is 0.271 e. The fraction of sp³-hybridized carbons (Fsp3) is 0.188. The summed E-state index contributed by atoms with van der Waals surface area (Å²) in [5, 5.41) is 14.0. The van der Waals surface area contributed by atoms with Crippen molar-refractivity contribution < 1.29 is 18.1 Å².